The molecule has 1 amide bonds. The number of benzene rings is 2. The van der Waals surface area contributed by atoms with Crippen molar-refractivity contribution in [1.29, 1.82) is 0 Å². The molecule has 1 aliphatic heterocycles. The van der Waals surface area contributed by atoms with Crippen molar-refractivity contribution in [3.8, 4) is 0 Å². The Hall–Kier alpha value is -1.43. The van der Waals surface area contributed by atoms with Crippen LogP contribution in [-0.2, 0) is 6.42 Å². The Labute approximate surface area is 124 Å². The first kappa shape index (κ1) is 12.6. The van der Waals surface area contributed by atoms with Gasteiger partial charge in [-0.15, -0.1) is 0 Å². The molecule has 0 bridgehead atoms. The van der Waals surface area contributed by atoms with E-state index < -0.39 is 0 Å². The van der Waals surface area contributed by atoms with Crippen molar-refractivity contribution < 1.29 is 9.18 Å². The van der Waals surface area contributed by atoms with Gasteiger partial charge in [-0.05, 0) is 58.8 Å². The highest BCUT2D eigenvalue weighted by Crippen LogP contribution is 2.28. The third kappa shape index (κ3) is 2.25. The Morgan fingerprint density at radius 3 is 2.74 bits per heavy atom. The summed E-state index contributed by atoms with van der Waals surface area (Å²) in [6, 6.07) is 12.2. The lowest BCUT2D eigenvalue weighted by atomic mass is 9.99. The second-order valence-electron chi connectivity index (χ2n) is 4.46. The number of hydrogen-bond donors (Lipinski definition) is 0. The van der Waals surface area contributed by atoms with Gasteiger partial charge in [0, 0.05) is 15.7 Å². The molecule has 1 aliphatic rings. The highest BCUT2D eigenvalue weighted by molar-refractivity contribution is 14.1. The number of anilines is 1. The first-order valence-corrected chi connectivity index (χ1v) is 7.09. The van der Waals surface area contributed by atoms with Crippen LogP contribution in [0.5, 0.6) is 0 Å². The molecule has 3 rings (SSSR count). The highest BCUT2D eigenvalue weighted by atomic mass is 127. The van der Waals surface area contributed by atoms with Gasteiger partial charge in [-0.1, -0.05) is 18.2 Å². The van der Waals surface area contributed by atoms with Gasteiger partial charge in [0.05, 0.1) is 5.69 Å². The largest absolute Gasteiger partial charge is 0.307 e. The van der Waals surface area contributed by atoms with E-state index in [0.29, 0.717) is 6.54 Å². The van der Waals surface area contributed by atoms with Gasteiger partial charge in [0.15, 0.2) is 0 Å². The van der Waals surface area contributed by atoms with Crippen LogP contribution >= 0.6 is 22.6 Å². The zero-order valence-corrected chi connectivity index (χ0v) is 12.2. The first-order valence-electron chi connectivity index (χ1n) is 6.01. The predicted octanol–water partition coefficient (Wildman–Crippen LogP) is 3.63. The molecule has 0 atom stereocenters. The molecule has 0 saturated carbocycles. The molecule has 1 heterocycles. The number of hydrogen-bond acceptors (Lipinski definition) is 1. The molecule has 0 radical (unpaired) electrons. The number of carbonyl (C=O) groups is 1. The average Bonchev–Trinajstić information content (AvgIpc) is 2.41. The van der Waals surface area contributed by atoms with Gasteiger partial charge in [-0.2, -0.15) is 0 Å². The SMILES string of the molecule is O=C1c2ccccc2CCN1c1ccc(F)cc1I. The molecule has 0 N–H and O–H groups in total. The molecule has 0 aliphatic carbocycles. The number of rotatable bonds is 1. The summed E-state index contributed by atoms with van der Waals surface area (Å²) in [6.45, 7) is 0.636. The van der Waals surface area contributed by atoms with Crippen LogP contribution < -0.4 is 4.90 Å². The van der Waals surface area contributed by atoms with E-state index >= 15 is 0 Å². The van der Waals surface area contributed by atoms with Crippen molar-refractivity contribution in [3.63, 3.8) is 0 Å². The van der Waals surface area contributed by atoms with Crippen molar-refractivity contribution in [2.45, 2.75) is 6.42 Å². The summed E-state index contributed by atoms with van der Waals surface area (Å²) in [5.74, 6) is -0.288. The maximum atomic E-state index is 13.1. The quantitative estimate of drug-likeness (QED) is 0.705. The summed E-state index contributed by atoms with van der Waals surface area (Å²) in [4.78, 5) is 14.2. The van der Waals surface area contributed by atoms with Gasteiger partial charge < -0.3 is 4.90 Å². The third-order valence-electron chi connectivity index (χ3n) is 3.30. The highest BCUT2D eigenvalue weighted by Gasteiger charge is 2.26. The van der Waals surface area contributed by atoms with E-state index in [4.69, 9.17) is 0 Å². The number of amides is 1. The van der Waals surface area contributed by atoms with Gasteiger partial charge in [0.2, 0.25) is 0 Å². The lowest BCUT2D eigenvalue weighted by molar-refractivity contribution is 0.0980. The molecule has 0 saturated heterocycles. The normalized spacial score (nSPS) is 14.4. The minimum absolute atomic E-state index is 0.00799. The zero-order chi connectivity index (χ0) is 13.4. The van der Waals surface area contributed by atoms with Crippen LogP contribution in [0.1, 0.15) is 15.9 Å². The molecule has 0 aromatic heterocycles. The van der Waals surface area contributed by atoms with Crippen molar-refractivity contribution in [3.05, 3.63) is 63.0 Å². The van der Waals surface area contributed by atoms with Crippen molar-refractivity contribution in [1.82, 2.24) is 0 Å². The number of carbonyl (C=O) groups excluding carboxylic acids is 1. The van der Waals surface area contributed by atoms with E-state index in [2.05, 4.69) is 22.6 Å². The molecular formula is C15H11FINO. The van der Waals surface area contributed by atoms with Gasteiger partial charge in [-0.25, -0.2) is 4.39 Å². The topological polar surface area (TPSA) is 20.3 Å². The maximum absolute atomic E-state index is 13.1. The summed E-state index contributed by atoms with van der Waals surface area (Å²) in [5.41, 5.74) is 2.61. The number of fused-ring (bicyclic) bond motifs is 1. The van der Waals surface area contributed by atoms with Crippen LogP contribution in [0.3, 0.4) is 0 Å². The molecule has 2 aromatic rings. The fourth-order valence-electron chi connectivity index (χ4n) is 2.36. The molecule has 0 unspecified atom stereocenters. The molecule has 96 valence electrons. The third-order valence-corrected chi connectivity index (χ3v) is 4.16. The second kappa shape index (κ2) is 4.92. The fourth-order valence-corrected chi connectivity index (χ4v) is 3.12. The second-order valence-corrected chi connectivity index (χ2v) is 5.62. The Bertz CT molecular complexity index is 656. The van der Waals surface area contributed by atoms with Gasteiger partial charge >= 0.3 is 0 Å². The standard InChI is InChI=1S/C15H11FINO/c16-11-5-6-14(13(17)9-11)18-8-7-10-3-1-2-4-12(10)15(18)19/h1-6,9H,7-8H2. The minimum atomic E-state index is -0.280. The van der Waals surface area contributed by atoms with Crippen LogP contribution in [0.25, 0.3) is 0 Å². The smallest absolute Gasteiger partial charge is 0.258 e. The molecular weight excluding hydrogens is 356 g/mol. The molecule has 19 heavy (non-hydrogen) atoms. The molecule has 4 heteroatoms. The molecule has 0 spiro atoms. The Morgan fingerprint density at radius 1 is 1.16 bits per heavy atom. The molecule has 0 fully saturated rings. The first-order chi connectivity index (χ1) is 9.16. The summed E-state index contributed by atoms with van der Waals surface area (Å²) in [6.07, 6.45) is 0.829. The lowest BCUT2D eigenvalue weighted by Gasteiger charge is -2.29. The molecule has 2 nitrogen and oxygen atoms in total. The fraction of sp³-hybridized carbons (Fsp3) is 0.133. The van der Waals surface area contributed by atoms with Crippen LogP contribution in [0.4, 0.5) is 10.1 Å². The predicted molar refractivity (Wildman–Crippen MR) is 80.9 cm³/mol. The summed E-state index contributed by atoms with van der Waals surface area (Å²) < 4.78 is 13.9. The monoisotopic (exact) mass is 367 g/mol. The van der Waals surface area contributed by atoms with Crippen molar-refractivity contribution in [2.75, 3.05) is 11.4 Å². The Kier molecular flexibility index (Phi) is 3.26. The lowest BCUT2D eigenvalue weighted by Crippen LogP contribution is -2.38. The van der Waals surface area contributed by atoms with E-state index in [1.54, 1.807) is 11.0 Å². The van der Waals surface area contributed by atoms with E-state index in [1.165, 1.54) is 12.1 Å². The maximum Gasteiger partial charge on any atom is 0.258 e. The van der Waals surface area contributed by atoms with E-state index in [0.717, 1.165) is 26.8 Å². The van der Waals surface area contributed by atoms with Crippen molar-refractivity contribution >= 4 is 34.2 Å². The zero-order valence-electron chi connectivity index (χ0n) is 10.1. The summed E-state index contributed by atoms with van der Waals surface area (Å²) in [5, 5.41) is 0. The van der Waals surface area contributed by atoms with Gasteiger partial charge in [0.1, 0.15) is 5.82 Å². The van der Waals surface area contributed by atoms with E-state index in [-0.39, 0.29) is 11.7 Å². The Morgan fingerprint density at radius 2 is 1.95 bits per heavy atom. The number of halogens is 2. The van der Waals surface area contributed by atoms with E-state index in [9.17, 15) is 9.18 Å². The minimum Gasteiger partial charge on any atom is -0.307 e. The van der Waals surface area contributed by atoms with Gasteiger partial charge in [-0.3, -0.25) is 4.79 Å². The Balaban J connectivity index is 2.02. The summed E-state index contributed by atoms with van der Waals surface area (Å²) >= 11 is 2.06. The van der Waals surface area contributed by atoms with Crippen LogP contribution in [0.2, 0.25) is 0 Å². The van der Waals surface area contributed by atoms with Gasteiger partial charge in [0.25, 0.3) is 5.91 Å². The average molecular weight is 367 g/mol. The van der Waals surface area contributed by atoms with Crippen LogP contribution in [0.15, 0.2) is 42.5 Å². The van der Waals surface area contributed by atoms with E-state index in [1.807, 2.05) is 24.3 Å². The molecule has 2 aromatic carbocycles. The van der Waals surface area contributed by atoms with Crippen LogP contribution in [-0.4, -0.2) is 12.5 Å². The van der Waals surface area contributed by atoms with Crippen molar-refractivity contribution in [2.24, 2.45) is 0 Å². The van der Waals surface area contributed by atoms with Crippen LogP contribution in [0, 0.1) is 9.39 Å². The number of nitrogens with zero attached hydrogens (tertiary/aromatic N) is 1. The summed E-state index contributed by atoms with van der Waals surface area (Å²) in [7, 11) is 0.